The zero-order valence-electron chi connectivity index (χ0n) is 18.8. The number of nitrogens with zero attached hydrogens (tertiary/aromatic N) is 3. The number of aryl methyl sites for hydroxylation is 1. The van der Waals surface area contributed by atoms with Crippen molar-refractivity contribution in [1.29, 1.82) is 10.5 Å². The average Bonchev–Trinajstić information content (AvgIpc) is 2.83. The van der Waals surface area contributed by atoms with E-state index in [4.69, 9.17) is 17.3 Å². The van der Waals surface area contributed by atoms with Crippen molar-refractivity contribution in [1.82, 2.24) is 4.98 Å². The van der Waals surface area contributed by atoms with Crippen LogP contribution in [0.25, 0.3) is 11.1 Å². The topological polar surface area (TPSA) is 153 Å². The number of nitrogen functional groups attached to an aromatic ring is 1. The number of thioether (sulfide) groups is 1. The van der Waals surface area contributed by atoms with Gasteiger partial charge in [-0.05, 0) is 37.1 Å². The van der Waals surface area contributed by atoms with E-state index >= 15 is 0 Å². The number of carboxylic acid groups (broad SMARTS) is 1. The van der Waals surface area contributed by atoms with E-state index < -0.39 is 17.1 Å². The van der Waals surface area contributed by atoms with E-state index in [9.17, 15) is 25.2 Å². The van der Waals surface area contributed by atoms with Crippen molar-refractivity contribution in [2.45, 2.75) is 30.5 Å². The molecule has 0 aliphatic rings. The molecule has 1 amide bonds. The molecule has 0 saturated heterocycles. The van der Waals surface area contributed by atoms with E-state index in [1.165, 1.54) is 18.2 Å². The number of carbonyl (C=O) groups is 2. The number of hydrogen-bond donors (Lipinski definition) is 3. The normalized spacial score (nSPS) is 11.2. The number of nitriles is 2. The first-order chi connectivity index (χ1) is 16.7. The lowest BCUT2D eigenvalue weighted by atomic mass is 9.96. The van der Waals surface area contributed by atoms with Gasteiger partial charge in [0.2, 0.25) is 5.91 Å². The van der Waals surface area contributed by atoms with Crippen LogP contribution in [0.4, 0.5) is 11.5 Å². The average molecular weight is 506 g/mol. The predicted molar refractivity (Wildman–Crippen MR) is 135 cm³/mol. The van der Waals surface area contributed by atoms with Crippen LogP contribution < -0.4 is 11.1 Å². The summed E-state index contributed by atoms with van der Waals surface area (Å²) >= 11 is 6.95. The highest BCUT2D eigenvalue weighted by Gasteiger charge is 2.26. The van der Waals surface area contributed by atoms with Gasteiger partial charge in [0, 0.05) is 11.3 Å². The number of pyridine rings is 1. The molecule has 35 heavy (non-hydrogen) atoms. The number of rotatable bonds is 7. The number of amides is 1. The van der Waals surface area contributed by atoms with Gasteiger partial charge in [-0.15, -0.1) is 0 Å². The van der Waals surface area contributed by atoms with Crippen LogP contribution in [0.1, 0.15) is 40.4 Å². The zero-order chi connectivity index (χ0) is 25.7. The first-order valence-electron chi connectivity index (χ1n) is 10.4. The second kappa shape index (κ2) is 10.9. The smallest absolute Gasteiger partial charge is 0.337 e. The predicted octanol–water partition coefficient (Wildman–Crippen LogP) is 5.24. The summed E-state index contributed by atoms with van der Waals surface area (Å²) in [5.41, 5.74) is 8.46. The summed E-state index contributed by atoms with van der Waals surface area (Å²) in [6.07, 6.45) is 0.377. The van der Waals surface area contributed by atoms with Gasteiger partial charge < -0.3 is 16.2 Å². The van der Waals surface area contributed by atoms with E-state index in [0.29, 0.717) is 17.5 Å². The monoisotopic (exact) mass is 505 g/mol. The SMILES string of the molecule is CCC(Sc1nc(N)c(C#N)c(-c2ccc(C)cc2)c1C#N)C(=O)Nc1ccc(Cl)c(C(=O)O)c1. The molecule has 0 radical (unpaired) electrons. The fourth-order valence-electron chi connectivity index (χ4n) is 3.34. The van der Waals surface area contributed by atoms with Gasteiger partial charge in [0.1, 0.15) is 28.5 Å². The molecule has 176 valence electrons. The molecule has 10 heteroatoms. The largest absolute Gasteiger partial charge is 0.478 e. The van der Waals surface area contributed by atoms with Crippen LogP contribution >= 0.6 is 23.4 Å². The molecule has 2 aromatic carbocycles. The van der Waals surface area contributed by atoms with Crippen LogP contribution in [0, 0.1) is 29.6 Å². The minimum atomic E-state index is -1.22. The summed E-state index contributed by atoms with van der Waals surface area (Å²) in [6.45, 7) is 3.72. The van der Waals surface area contributed by atoms with Crippen molar-refractivity contribution in [3.05, 3.63) is 69.7 Å². The Bertz CT molecular complexity index is 1390. The Morgan fingerprint density at radius 2 is 1.83 bits per heavy atom. The van der Waals surface area contributed by atoms with Crippen LogP contribution in [0.15, 0.2) is 47.5 Å². The summed E-state index contributed by atoms with van der Waals surface area (Å²) in [5.74, 6) is -1.67. The van der Waals surface area contributed by atoms with Crippen molar-refractivity contribution in [3.8, 4) is 23.3 Å². The second-order valence-corrected chi connectivity index (χ2v) is 9.12. The summed E-state index contributed by atoms with van der Waals surface area (Å²) in [4.78, 5) is 28.6. The Morgan fingerprint density at radius 3 is 2.40 bits per heavy atom. The second-order valence-electron chi connectivity index (χ2n) is 7.52. The van der Waals surface area contributed by atoms with Crippen LogP contribution in [-0.2, 0) is 4.79 Å². The highest BCUT2D eigenvalue weighted by atomic mass is 35.5. The van der Waals surface area contributed by atoms with Gasteiger partial charge in [0.05, 0.1) is 21.4 Å². The van der Waals surface area contributed by atoms with Crippen LogP contribution in [0.2, 0.25) is 5.02 Å². The fourth-order valence-corrected chi connectivity index (χ4v) is 4.56. The summed E-state index contributed by atoms with van der Waals surface area (Å²) < 4.78 is 0. The summed E-state index contributed by atoms with van der Waals surface area (Å²) in [6, 6.07) is 15.6. The van der Waals surface area contributed by atoms with E-state index in [2.05, 4.69) is 16.4 Å². The fraction of sp³-hybridized carbons (Fsp3) is 0.160. The first-order valence-corrected chi connectivity index (χ1v) is 11.7. The molecule has 0 saturated carbocycles. The Labute approximate surface area is 211 Å². The third kappa shape index (κ3) is 5.55. The van der Waals surface area contributed by atoms with Gasteiger partial charge in [-0.1, -0.05) is 60.1 Å². The number of nitrogens with one attached hydrogen (secondary N) is 1. The molecular weight excluding hydrogens is 486 g/mol. The standard InChI is InChI=1S/C25H20ClN5O3S/c1-3-20(23(32)30-15-8-9-19(26)16(10-15)25(33)34)35-24-18(12-28)21(17(11-27)22(29)31-24)14-6-4-13(2)5-7-14/h4-10,20H,3H2,1-2H3,(H2,29,31)(H,30,32)(H,33,34). The minimum Gasteiger partial charge on any atom is -0.478 e. The van der Waals surface area contributed by atoms with Crippen molar-refractivity contribution in [2.24, 2.45) is 0 Å². The number of nitrogens with two attached hydrogens (primary N) is 1. The van der Waals surface area contributed by atoms with Gasteiger partial charge in [-0.2, -0.15) is 10.5 Å². The molecule has 0 spiro atoms. The number of anilines is 2. The van der Waals surface area contributed by atoms with Gasteiger partial charge in [0.15, 0.2) is 0 Å². The maximum absolute atomic E-state index is 13.0. The molecule has 4 N–H and O–H groups in total. The number of aromatic carboxylic acids is 1. The van der Waals surface area contributed by atoms with E-state index in [1.807, 2.05) is 25.1 Å². The van der Waals surface area contributed by atoms with Crippen molar-refractivity contribution in [2.75, 3.05) is 11.1 Å². The quantitative estimate of drug-likeness (QED) is 0.368. The van der Waals surface area contributed by atoms with Crippen LogP contribution in [0.5, 0.6) is 0 Å². The molecule has 0 bridgehead atoms. The third-order valence-corrected chi connectivity index (χ3v) is 6.82. The van der Waals surface area contributed by atoms with E-state index in [0.717, 1.165) is 17.3 Å². The zero-order valence-corrected chi connectivity index (χ0v) is 20.4. The Balaban J connectivity index is 1.99. The number of halogens is 1. The number of benzene rings is 2. The number of carboxylic acids is 1. The van der Waals surface area contributed by atoms with Gasteiger partial charge in [-0.3, -0.25) is 4.79 Å². The van der Waals surface area contributed by atoms with E-state index in [-0.39, 0.29) is 38.2 Å². The molecule has 1 heterocycles. The highest BCUT2D eigenvalue weighted by Crippen LogP contribution is 2.38. The Hall–Kier alpha value is -4.05. The maximum Gasteiger partial charge on any atom is 0.337 e. The molecular formula is C25H20ClN5O3S. The lowest BCUT2D eigenvalue weighted by Gasteiger charge is -2.18. The highest BCUT2D eigenvalue weighted by molar-refractivity contribution is 8.00. The van der Waals surface area contributed by atoms with E-state index in [1.54, 1.807) is 19.1 Å². The molecule has 0 aliphatic carbocycles. The maximum atomic E-state index is 13.0. The summed E-state index contributed by atoms with van der Waals surface area (Å²) in [7, 11) is 0. The number of carbonyl (C=O) groups excluding carboxylic acids is 1. The minimum absolute atomic E-state index is 0.0383. The van der Waals surface area contributed by atoms with Crippen LogP contribution in [0.3, 0.4) is 0 Å². The molecule has 1 atom stereocenters. The third-order valence-electron chi connectivity index (χ3n) is 5.14. The van der Waals surface area contributed by atoms with Gasteiger partial charge in [0.25, 0.3) is 0 Å². The van der Waals surface area contributed by atoms with Gasteiger partial charge in [-0.25, -0.2) is 9.78 Å². The molecule has 0 fully saturated rings. The van der Waals surface area contributed by atoms with Gasteiger partial charge >= 0.3 is 5.97 Å². The van der Waals surface area contributed by atoms with Crippen molar-refractivity contribution >= 4 is 46.7 Å². The molecule has 3 rings (SSSR count). The lowest BCUT2D eigenvalue weighted by molar-refractivity contribution is -0.115. The molecule has 3 aromatic rings. The first kappa shape index (κ1) is 25.6. The summed E-state index contributed by atoms with van der Waals surface area (Å²) in [5, 5.41) is 31.2. The Kier molecular flexibility index (Phi) is 7.98. The van der Waals surface area contributed by atoms with Crippen molar-refractivity contribution < 1.29 is 14.7 Å². The molecule has 1 aromatic heterocycles. The molecule has 0 aliphatic heterocycles. The lowest BCUT2D eigenvalue weighted by Crippen LogP contribution is -2.25. The Morgan fingerprint density at radius 1 is 1.17 bits per heavy atom. The van der Waals surface area contributed by atoms with Crippen LogP contribution in [-0.4, -0.2) is 27.2 Å². The number of hydrogen-bond acceptors (Lipinski definition) is 7. The number of aromatic nitrogens is 1. The molecule has 8 nitrogen and oxygen atoms in total. The molecule has 1 unspecified atom stereocenters. The van der Waals surface area contributed by atoms with Crippen molar-refractivity contribution in [3.63, 3.8) is 0 Å².